The van der Waals surface area contributed by atoms with E-state index < -0.39 is 29.2 Å². The lowest BCUT2D eigenvalue weighted by Gasteiger charge is -2.10. The maximum Gasteiger partial charge on any atom is 0.434 e. The van der Waals surface area contributed by atoms with Crippen LogP contribution < -0.4 is 0 Å². The van der Waals surface area contributed by atoms with Crippen LogP contribution in [0.15, 0.2) is 30.5 Å². The molecular formula is C12H6F4N2O2. The number of hydrogen-bond acceptors (Lipinski definition) is 3. The van der Waals surface area contributed by atoms with Gasteiger partial charge in [-0.1, -0.05) is 0 Å². The summed E-state index contributed by atoms with van der Waals surface area (Å²) in [5.74, 6) is -2.67. The molecule has 0 bridgehead atoms. The van der Waals surface area contributed by atoms with E-state index in [0.717, 1.165) is 12.1 Å². The monoisotopic (exact) mass is 286 g/mol. The number of benzene rings is 1. The van der Waals surface area contributed by atoms with Crippen molar-refractivity contribution >= 4 is 5.97 Å². The summed E-state index contributed by atoms with van der Waals surface area (Å²) < 4.78 is 51.0. The average Bonchev–Trinajstić information content (AvgIpc) is 2.38. The van der Waals surface area contributed by atoms with E-state index in [1.165, 1.54) is 12.1 Å². The summed E-state index contributed by atoms with van der Waals surface area (Å²) in [5, 5.41) is 8.70. The molecule has 0 aliphatic rings. The largest absolute Gasteiger partial charge is 0.478 e. The van der Waals surface area contributed by atoms with Gasteiger partial charge in [0.05, 0.1) is 0 Å². The maximum atomic E-state index is 12.8. The Hall–Kier alpha value is -2.51. The third kappa shape index (κ3) is 2.73. The Morgan fingerprint density at radius 2 is 1.75 bits per heavy atom. The van der Waals surface area contributed by atoms with E-state index in [2.05, 4.69) is 9.97 Å². The zero-order chi connectivity index (χ0) is 14.9. The van der Waals surface area contributed by atoms with E-state index >= 15 is 0 Å². The second kappa shape index (κ2) is 4.87. The molecule has 2 rings (SSSR count). The van der Waals surface area contributed by atoms with Gasteiger partial charge in [0.25, 0.3) is 0 Å². The number of carboxylic acid groups (broad SMARTS) is 1. The fraction of sp³-hybridized carbons (Fsp3) is 0.0833. The van der Waals surface area contributed by atoms with Gasteiger partial charge in [-0.2, -0.15) is 13.2 Å². The molecule has 8 heteroatoms. The molecule has 1 aromatic heterocycles. The zero-order valence-corrected chi connectivity index (χ0v) is 9.65. The van der Waals surface area contributed by atoms with Crippen molar-refractivity contribution < 1.29 is 27.5 Å². The van der Waals surface area contributed by atoms with E-state index in [1.54, 1.807) is 0 Å². The minimum Gasteiger partial charge on any atom is -0.478 e. The molecule has 0 spiro atoms. The van der Waals surface area contributed by atoms with E-state index in [-0.39, 0.29) is 11.4 Å². The molecule has 104 valence electrons. The molecule has 20 heavy (non-hydrogen) atoms. The zero-order valence-electron chi connectivity index (χ0n) is 9.65. The van der Waals surface area contributed by atoms with Gasteiger partial charge in [-0.15, -0.1) is 0 Å². The average molecular weight is 286 g/mol. The van der Waals surface area contributed by atoms with Crippen LogP contribution in [0.3, 0.4) is 0 Å². The highest BCUT2D eigenvalue weighted by Gasteiger charge is 2.38. The first-order chi connectivity index (χ1) is 9.29. The predicted molar refractivity (Wildman–Crippen MR) is 59.4 cm³/mol. The Morgan fingerprint density at radius 3 is 2.25 bits per heavy atom. The SMILES string of the molecule is O=C(O)c1cnc(-c2ccc(F)cc2)nc1C(F)(F)F. The molecule has 0 aliphatic carbocycles. The van der Waals surface area contributed by atoms with E-state index in [4.69, 9.17) is 5.11 Å². The number of nitrogens with zero attached hydrogens (tertiary/aromatic N) is 2. The molecule has 0 saturated heterocycles. The Kier molecular flexibility index (Phi) is 3.39. The van der Waals surface area contributed by atoms with Crippen molar-refractivity contribution in [3.63, 3.8) is 0 Å². The molecule has 1 heterocycles. The molecule has 4 nitrogen and oxygen atoms in total. The standard InChI is InChI=1S/C12H6F4N2O2/c13-7-3-1-6(2-4-7)10-17-5-8(11(19)20)9(18-10)12(14,15)16/h1-5H,(H,19,20). The second-order valence-corrected chi connectivity index (χ2v) is 3.77. The lowest BCUT2D eigenvalue weighted by atomic mass is 10.1. The van der Waals surface area contributed by atoms with Crippen molar-refractivity contribution in [3.8, 4) is 11.4 Å². The van der Waals surface area contributed by atoms with Crippen LogP contribution in [0.2, 0.25) is 0 Å². The van der Waals surface area contributed by atoms with Crippen LogP contribution in [0.4, 0.5) is 17.6 Å². The number of aromatic carboxylic acids is 1. The summed E-state index contributed by atoms with van der Waals surface area (Å²) in [6, 6.07) is 4.48. The lowest BCUT2D eigenvalue weighted by molar-refractivity contribution is -0.141. The van der Waals surface area contributed by atoms with Crippen LogP contribution >= 0.6 is 0 Å². The quantitative estimate of drug-likeness (QED) is 0.862. The van der Waals surface area contributed by atoms with Crippen molar-refractivity contribution in [2.24, 2.45) is 0 Å². The second-order valence-electron chi connectivity index (χ2n) is 3.77. The minimum atomic E-state index is -4.93. The van der Waals surface area contributed by atoms with Gasteiger partial charge in [0, 0.05) is 11.8 Å². The summed E-state index contributed by atoms with van der Waals surface area (Å²) in [5.41, 5.74) is -2.43. The normalized spacial score (nSPS) is 11.4. The molecule has 0 unspecified atom stereocenters. The number of rotatable bonds is 2. The smallest absolute Gasteiger partial charge is 0.434 e. The number of hydrogen-bond donors (Lipinski definition) is 1. The highest BCUT2D eigenvalue weighted by Crippen LogP contribution is 2.31. The van der Waals surface area contributed by atoms with Crippen molar-refractivity contribution in [1.82, 2.24) is 9.97 Å². The van der Waals surface area contributed by atoms with Gasteiger partial charge in [-0.05, 0) is 24.3 Å². The lowest BCUT2D eigenvalue weighted by Crippen LogP contribution is -2.16. The third-order valence-corrected chi connectivity index (χ3v) is 2.39. The summed E-state index contributed by atoms with van der Waals surface area (Å²) in [4.78, 5) is 17.5. The van der Waals surface area contributed by atoms with Gasteiger partial charge in [0.15, 0.2) is 11.5 Å². The summed E-state index contributed by atoms with van der Waals surface area (Å²) in [6.45, 7) is 0. The number of alkyl halides is 3. The number of carbonyl (C=O) groups is 1. The molecule has 0 fully saturated rings. The fourth-order valence-electron chi connectivity index (χ4n) is 1.49. The third-order valence-electron chi connectivity index (χ3n) is 2.39. The van der Waals surface area contributed by atoms with Gasteiger partial charge in [-0.25, -0.2) is 19.2 Å². The van der Waals surface area contributed by atoms with Crippen LogP contribution in [-0.4, -0.2) is 21.0 Å². The number of halogens is 4. The fourth-order valence-corrected chi connectivity index (χ4v) is 1.49. The highest BCUT2D eigenvalue weighted by atomic mass is 19.4. The Morgan fingerprint density at radius 1 is 1.15 bits per heavy atom. The van der Waals surface area contributed by atoms with Crippen LogP contribution in [0, 0.1) is 5.82 Å². The molecule has 2 aromatic rings. The van der Waals surface area contributed by atoms with Crippen molar-refractivity contribution in [3.05, 3.63) is 47.5 Å². The minimum absolute atomic E-state index is 0.147. The van der Waals surface area contributed by atoms with Crippen LogP contribution in [0.5, 0.6) is 0 Å². The Balaban J connectivity index is 2.58. The molecule has 0 radical (unpaired) electrons. The first-order valence-electron chi connectivity index (χ1n) is 5.22. The topological polar surface area (TPSA) is 63.1 Å². The number of aromatic nitrogens is 2. The summed E-state index contributed by atoms with van der Waals surface area (Å²) >= 11 is 0. The molecule has 0 saturated carbocycles. The van der Waals surface area contributed by atoms with E-state index in [0.29, 0.717) is 6.20 Å². The van der Waals surface area contributed by atoms with Gasteiger partial charge in [-0.3, -0.25) is 0 Å². The first-order valence-corrected chi connectivity index (χ1v) is 5.22. The van der Waals surface area contributed by atoms with Gasteiger partial charge in [0.2, 0.25) is 0 Å². The molecule has 0 atom stereocenters. The van der Waals surface area contributed by atoms with Crippen molar-refractivity contribution in [1.29, 1.82) is 0 Å². The van der Waals surface area contributed by atoms with Gasteiger partial charge < -0.3 is 5.11 Å². The van der Waals surface area contributed by atoms with Crippen molar-refractivity contribution in [2.45, 2.75) is 6.18 Å². The summed E-state index contributed by atoms with van der Waals surface area (Å²) in [6.07, 6.45) is -4.34. The first kappa shape index (κ1) is 13.9. The molecule has 0 aliphatic heterocycles. The van der Waals surface area contributed by atoms with E-state index in [1.807, 2.05) is 0 Å². The van der Waals surface area contributed by atoms with Crippen LogP contribution in [0.1, 0.15) is 16.1 Å². The van der Waals surface area contributed by atoms with Gasteiger partial charge >= 0.3 is 12.1 Å². The van der Waals surface area contributed by atoms with E-state index in [9.17, 15) is 22.4 Å². The molecule has 1 aromatic carbocycles. The molecule has 0 amide bonds. The van der Waals surface area contributed by atoms with Crippen molar-refractivity contribution in [2.75, 3.05) is 0 Å². The van der Waals surface area contributed by atoms with Gasteiger partial charge in [0.1, 0.15) is 11.4 Å². The predicted octanol–water partition coefficient (Wildman–Crippen LogP) is 3.00. The maximum absolute atomic E-state index is 12.8. The van der Waals surface area contributed by atoms with Crippen LogP contribution in [0.25, 0.3) is 11.4 Å². The number of carboxylic acids is 1. The Bertz CT molecular complexity index is 653. The molecular weight excluding hydrogens is 280 g/mol. The highest BCUT2D eigenvalue weighted by molar-refractivity contribution is 5.88. The Labute approximate surface area is 109 Å². The molecule has 1 N–H and O–H groups in total. The summed E-state index contributed by atoms with van der Waals surface area (Å²) in [7, 11) is 0. The van der Waals surface area contributed by atoms with Crippen LogP contribution in [-0.2, 0) is 6.18 Å².